The maximum atomic E-state index is 12.1. The van der Waals surface area contributed by atoms with Crippen molar-refractivity contribution in [2.24, 2.45) is 5.41 Å². The molecule has 0 saturated heterocycles. The van der Waals surface area contributed by atoms with Gasteiger partial charge in [-0.05, 0) is 19.4 Å². The largest absolute Gasteiger partial charge is 0.468 e. The fourth-order valence-electron chi connectivity index (χ4n) is 1.73. The minimum Gasteiger partial charge on any atom is -0.468 e. The molecule has 118 valence electrons. The molecule has 0 aliphatic rings. The molecule has 0 aliphatic carbocycles. The molecule has 0 spiro atoms. The van der Waals surface area contributed by atoms with E-state index in [0.29, 0.717) is 0 Å². The van der Waals surface area contributed by atoms with Gasteiger partial charge in [0.1, 0.15) is 0 Å². The summed E-state index contributed by atoms with van der Waals surface area (Å²) >= 11 is 0. The summed E-state index contributed by atoms with van der Waals surface area (Å²) in [5.74, 6) is 4.03. The fraction of sp³-hybridized carbons (Fsp3) is 0.600. The summed E-state index contributed by atoms with van der Waals surface area (Å²) < 4.78 is 19.5. The molecular formula is C15H22O6. The van der Waals surface area contributed by atoms with Crippen LogP contribution in [0, 0.1) is 17.3 Å². The summed E-state index contributed by atoms with van der Waals surface area (Å²) in [6.45, 7) is 1.63. The molecular weight excluding hydrogens is 276 g/mol. The van der Waals surface area contributed by atoms with Crippen molar-refractivity contribution in [2.45, 2.75) is 26.1 Å². The minimum atomic E-state index is -1.49. The number of esters is 2. The van der Waals surface area contributed by atoms with Gasteiger partial charge in [0.2, 0.25) is 0 Å². The van der Waals surface area contributed by atoms with Crippen LogP contribution < -0.4 is 0 Å². The average molecular weight is 298 g/mol. The molecule has 0 radical (unpaired) electrons. The molecule has 0 fully saturated rings. The van der Waals surface area contributed by atoms with Crippen LogP contribution in [0.1, 0.15) is 19.8 Å². The van der Waals surface area contributed by atoms with Gasteiger partial charge in [0.15, 0.2) is 11.7 Å². The van der Waals surface area contributed by atoms with Crippen molar-refractivity contribution in [3.63, 3.8) is 0 Å². The monoisotopic (exact) mass is 298 g/mol. The van der Waals surface area contributed by atoms with Crippen LogP contribution >= 0.6 is 0 Å². The Hall–Kier alpha value is -1.84. The molecule has 0 aromatic rings. The van der Waals surface area contributed by atoms with Crippen LogP contribution in [0.15, 0.2) is 12.2 Å². The molecule has 0 heterocycles. The van der Waals surface area contributed by atoms with Crippen LogP contribution in [0.3, 0.4) is 0 Å². The third-order valence-electron chi connectivity index (χ3n) is 2.94. The maximum absolute atomic E-state index is 12.1. The van der Waals surface area contributed by atoms with Gasteiger partial charge in [-0.2, -0.15) is 0 Å². The molecule has 0 unspecified atom stereocenters. The second kappa shape index (κ2) is 9.97. The van der Waals surface area contributed by atoms with Gasteiger partial charge in [0.05, 0.1) is 14.2 Å². The topological polar surface area (TPSA) is 71.1 Å². The number of hydrogen-bond acceptors (Lipinski definition) is 6. The van der Waals surface area contributed by atoms with E-state index in [1.54, 1.807) is 19.1 Å². The van der Waals surface area contributed by atoms with Crippen LogP contribution in [-0.4, -0.2) is 46.7 Å². The summed E-state index contributed by atoms with van der Waals surface area (Å²) in [6, 6.07) is 0. The molecule has 0 atom stereocenters. The van der Waals surface area contributed by atoms with Gasteiger partial charge in [-0.3, -0.25) is 9.59 Å². The Labute approximate surface area is 125 Å². The van der Waals surface area contributed by atoms with Crippen molar-refractivity contribution in [2.75, 3.05) is 28.4 Å². The zero-order chi connectivity index (χ0) is 16.3. The molecule has 6 heteroatoms. The molecule has 0 aromatic carbocycles. The fourth-order valence-corrected chi connectivity index (χ4v) is 1.73. The predicted octanol–water partition coefficient (Wildman–Crippen LogP) is 1.30. The van der Waals surface area contributed by atoms with E-state index in [2.05, 4.69) is 11.8 Å². The van der Waals surface area contributed by atoms with E-state index < -0.39 is 23.6 Å². The average Bonchev–Trinajstić information content (AvgIpc) is 2.53. The highest BCUT2D eigenvalue weighted by atomic mass is 16.7. The Morgan fingerprint density at radius 1 is 1.10 bits per heavy atom. The second-order valence-electron chi connectivity index (χ2n) is 4.14. The van der Waals surface area contributed by atoms with Gasteiger partial charge >= 0.3 is 11.9 Å². The van der Waals surface area contributed by atoms with Crippen LogP contribution in [0.4, 0.5) is 0 Å². The lowest BCUT2D eigenvalue weighted by Crippen LogP contribution is -2.40. The van der Waals surface area contributed by atoms with Gasteiger partial charge in [-0.1, -0.05) is 6.08 Å². The lowest BCUT2D eigenvalue weighted by atomic mass is 9.81. The number of rotatable bonds is 8. The van der Waals surface area contributed by atoms with Crippen molar-refractivity contribution in [1.82, 2.24) is 0 Å². The Kier molecular flexibility index (Phi) is 9.10. The predicted molar refractivity (Wildman–Crippen MR) is 76.1 cm³/mol. The first-order valence-corrected chi connectivity index (χ1v) is 6.31. The summed E-state index contributed by atoms with van der Waals surface area (Å²) in [5, 5.41) is 0. The SMILES string of the molecule is CC#CCC(C/C=C/C(OC)OC)(C(=O)OC)C(=O)OC. The Balaban J connectivity index is 5.38. The highest BCUT2D eigenvalue weighted by Crippen LogP contribution is 2.30. The molecule has 0 saturated carbocycles. The molecule has 21 heavy (non-hydrogen) atoms. The first kappa shape index (κ1) is 19.2. The van der Waals surface area contributed by atoms with Gasteiger partial charge in [0, 0.05) is 20.6 Å². The van der Waals surface area contributed by atoms with Gasteiger partial charge < -0.3 is 18.9 Å². The molecule has 0 amide bonds. The number of carbonyl (C=O) groups excluding carboxylic acids is 2. The number of ether oxygens (including phenoxy) is 4. The minimum absolute atomic E-state index is 0.0117. The van der Waals surface area contributed by atoms with E-state index in [-0.39, 0.29) is 12.8 Å². The molecule has 0 bridgehead atoms. The first-order valence-electron chi connectivity index (χ1n) is 6.31. The van der Waals surface area contributed by atoms with Crippen molar-refractivity contribution in [3.8, 4) is 11.8 Å². The van der Waals surface area contributed by atoms with E-state index in [0.717, 1.165) is 0 Å². The number of carbonyl (C=O) groups is 2. The lowest BCUT2D eigenvalue weighted by molar-refractivity contribution is -0.168. The van der Waals surface area contributed by atoms with Gasteiger partial charge in [-0.25, -0.2) is 0 Å². The number of allylic oxidation sites excluding steroid dienone is 1. The first-order chi connectivity index (χ1) is 10.0. The number of hydrogen-bond donors (Lipinski definition) is 0. The Morgan fingerprint density at radius 3 is 2.00 bits per heavy atom. The quantitative estimate of drug-likeness (QED) is 0.221. The third-order valence-corrected chi connectivity index (χ3v) is 2.94. The molecule has 0 N–H and O–H groups in total. The van der Waals surface area contributed by atoms with E-state index in [4.69, 9.17) is 18.9 Å². The zero-order valence-electron chi connectivity index (χ0n) is 13.1. The second-order valence-corrected chi connectivity index (χ2v) is 4.14. The van der Waals surface area contributed by atoms with Gasteiger partial charge in [-0.15, -0.1) is 11.8 Å². The van der Waals surface area contributed by atoms with E-state index in [1.807, 2.05) is 0 Å². The summed E-state index contributed by atoms with van der Waals surface area (Å²) in [5.41, 5.74) is -1.49. The Bertz CT molecular complexity index is 409. The molecule has 0 aliphatic heterocycles. The lowest BCUT2D eigenvalue weighted by Gasteiger charge is -2.25. The smallest absolute Gasteiger partial charge is 0.324 e. The van der Waals surface area contributed by atoms with E-state index in [1.165, 1.54) is 28.4 Å². The van der Waals surface area contributed by atoms with E-state index in [9.17, 15) is 9.59 Å². The van der Waals surface area contributed by atoms with Crippen molar-refractivity contribution in [1.29, 1.82) is 0 Å². The summed E-state index contributed by atoms with van der Waals surface area (Å²) in [7, 11) is 5.40. The standard InChI is InChI=1S/C15H22O6/c1-6-7-10-15(13(16)20-4,14(17)21-5)11-8-9-12(18-2)19-3/h8-9,12H,10-11H2,1-5H3/b9-8+. The maximum Gasteiger partial charge on any atom is 0.324 e. The highest BCUT2D eigenvalue weighted by molar-refractivity contribution is 6.00. The van der Waals surface area contributed by atoms with E-state index >= 15 is 0 Å². The van der Waals surface area contributed by atoms with Crippen molar-refractivity contribution >= 4 is 11.9 Å². The molecule has 6 nitrogen and oxygen atoms in total. The summed E-state index contributed by atoms with van der Waals surface area (Å²) in [6.07, 6.45) is 2.74. The van der Waals surface area contributed by atoms with Crippen molar-refractivity contribution in [3.05, 3.63) is 12.2 Å². The Morgan fingerprint density at radius 2 is 1.62 bits per heavy atom. The van der Waals surface area contributed by atoms with Crippen LogP contribution in [-0.2, 0) is 28.5 Å². The van der Waals surface area contributed by atoms with Gasteiger partial charge in [0.25, 0.3) is 0 Å². The van der Waals surface area contributed by atoms with Crippen molar-refractivity contribution < 1.29 is 28.5 Å². The van der Waals surface area contributed by atoms with Crippen LogP contribution in [0.2, 0.25) is 0 Å². The van der Waals surface area contributed by atoms with Crippen LogP contribution in [0.5, 0.6) is 0 Å². The molecule has 0 rings (SSSR count). The van der Waals surface area contributed by atoms with Crippen LogP contribution in [0.25, 0.3) is 0 Å². The summed E-state index contributed by atoms with van der Waals surface area (Å²) in [4.78, 5) is 24.1. The highest BCUT2D eigenvalue weighted by Gasteiger charge is 2.47. The zero-order valence-corrected chi connectivity index (χ0v) is 13.1. The molecule has 0 aromatic heterocycles. The third kappa shape index (κ3) is 5.21. The normalized spacial score (nSPS) is 11.1. The number of methoxy groups -OCH3 is 4.